The van der Waals surface area contributed by atoms with Gasteiger partial charge in [0.05, 0.1) is 11.4 Å². The molecule has 1 unspecified atom stereocenters. The van der Waals surface area contributed by atoms with Crippen molar-refractivity contribution in [3.8, 4) is 0 Å². The van der Waals surface area contributed by atoms with Crippen LogP contribution in [0.25, 0.3) is 0 Å². The number of rotatable bonds is 4. The number of fused-ring (bicyclic) bond motifs is 1. The van der Waals surface area contributed by atoms with Gasteiger partial charge in [-0.05, 0) is 37.0 Å². The van der Waals surface area contributed by atoms with Crippen molar-refractivity contribution in [2.75, 3.05) is 11.1 Å². The number of carbonyl (C=O) groups excluding carboxylic acids is 1. The molecule has 1 heterocycles. The van der Waals surface area contributed by atoms with Crippen molar-refractivity contribution in [2.24, 2.45) is 5.73 Å². The summed E-state index contributed by atoms with van der Waals surface area (Å²) >= 11 is 1.60. The smallest absolute Gasteiger partial charge is 0.234 e. The highest BCUT2D eigenvalue weighted by atomic mass is 32.2. The Morgan fingerprint density at radius 3 is 3.12 bits per heavy atom. The van der Waals surface area contributed by atoms with Crippen molar-refractivity contribution in [1.82, 2.24) is 0 Å². The first-order valence-electron chi connectivity index (χ1n) is 6.00. The van der Waals surface area contributed by atoms with Gasteiger partial charge < -0.3 is 11.1 Å². The molecule has 1 atom stereocenters. The summed E-state index contributed by atoms with van der Waals surface area (Å²) in [5.74, 6) is 0.609. The molecule has 1 aliphatic heterocycles. The summed E-state index contributed by atoms with van der Waals surface area (Å²) in [5, 5.41) is 2.91. The summed E-state index contributed by atoms with van der Waals surface area (Å²) in [6, 6.07) is 6.56. The van der Waals surface area contributed by atoms with Crippen LogP contribution < -0.4 is 11.1 Å². The highest BCUT2D eigenvalue weighted by molar-refractivity contribution is 8.00. The maximum atomic E-state index is 11.3. The topological polar surface area (TPSA) is 55.1 Å². The standard InChI is InChI=1S/C13H18N2OS/c1-2-10(14)5-3-9-4-6-12-11(7-9)15-13(16)8-17-12/h4,6-7,10H,2-3,5,8,14H2,1H3,(H,15,16). The van der Waals surface area contributed by atoms with Gasteiger partial charge in [-0.1, -0.05) is 13.0 Å². The Labute approximate surface area is 106 Å². The molecule has 0 saturated carbocycles. The van der Waals surface area contributed by atoms with Gasteiger partial charge in [0.1, 0.15) is 0 Å². The highest BCUT2D eigenvalue weighted by Gasteiger charge is 2.15. The molecule has 0 aromatic heterocycles. The third-order valence-electron chi connectivity index (χ3n) is 3.01. The Hall–Kier alpha value is -1.000. The molecule has 1 aromatic rings. The first-order chi connectivity index (χ1) is 8.19. The van der Waals surface area contributed by atoms with Crippen molar-refractivity contribution in [2.45, 2.75) is 37.1 Å². The van der Waals surface area contributed by atoms with Crippen molar-refractivity contribution >= 4 is 23.4 Å². The van der Waals surface area contributed by atoms with E-state index in [-0.39, 0.29) is 11.9 Å². The van der Waals surface area contributed by atoms with Crippen molar-refractivity contribution in [3.05, 3.63) is 23.8 Å². The lowest BCUT2D eigenvalue weighted by molar-refractivity contribution is -0.113. The number of aryl methyl sites for hydroxylation is 1. The monoisotopic (exact) mass is 250 g/mol. The van der Waals surface area contributed by atoms with E-state index in [0.29, 0.717) is 5.75 Å². The van der Waals surface area contributed by atoms with Crippen LogP contribution in [-0.4, -0.2) is 17.7 Å². The lowest BCUT2D eigenvalue weighted by Crippen LogP contribution is -2.20. The van der Waals surface area contributed by atoms with Gasteiger partial charge in [-0.2, -0.15) is 0 Å². The zero-order valence-electron chi connectivity index (χ0n) is 10.0. The molecular formula is C13H18N2OS. The number of hydrogen-bond donors (Lipinski definition) is 2. The van der Waals surface area contributed by atoms with Crippen LogP contribution in [0.15, 0.2) is 23.1 Å². The Morgan fingerprint density at radius 2 is 2.35 bits per heavy atom. The lowest BCUT2D eigenvalue weighted by atomic mass is 10.0. The molecule has 3 nitrogen and oxygen atoms in total. The molecule has 17 heavy (non-hydrogen) atoms. The maximum absolute atomic E-state index is 11.3. The Morgan fingerprint density at radius 1 is 1.53 bits per heavy atom. The first-order valence-corrected chi connectivity index (χ1v) is 6.98. The lowest BCUT2D eigenvalue weighted by Gasteiger charge is -2.17. The maximum Gasteiger partial charge on any atom is 0.234 e. The summed E-state index contributed by atoms with van der Waals surface area (Å²) in [6.07, 6.45) is 2.98. The quantitative estimate of drug-likeness (QED) is 0.862. The van der Waals surface area contributed by atoms with Crippen LogP contribution in [0.1, 0.15) is 25.3 Å². The van der Waals surface area contributed by atoms with Crippen LogP contribution in [0.4, 0.5) is 5.69 Å². The summed E-state index contributed by atoms with van der Waals surface area (Å²) in [6.45, 7) is 2.11. The number of nitrogens with two attached hydrogens (primary N) is 1. The number of hydrogen-bond acceptors (Lipinski definition) is 3. The van der Waals surface area contributed by atoms with Gasteiger partial charge in [-0.15, -0.1) is 11.8 Å². The first kappa shape index (κ1) is 12.5. The molecule has 1 aromatic carbocycles. The third kappa shape index (κ3) is 3.23. The van der Waals surface area contributed by atoms with Crippen LogP contribution in [0, 0.1) is 0 Å². The number of anilines is 1. The molecule has 4 heteroatoms. The van der Waals surface area contributed by atoms with Crippen LogP contribution in [0.3, 0.4) is 0 Å². The molecule has 0 spiro atoms. The van der Waals surface area contributed by atoms with E-state index in [0.717, 1.165) is 29.8 Å². The van der Waals surface area contributed by atoms with Gasteiger partial charge in [0.15, 0.2) is 0 Å². The van der Waals surface area contributed by atoms with Gasteiger partial charge in [0, 0.05) is 10.9 Å². The summed E-state index contributed by atoms with van der Waals surface area (Å²) in [7, 11) is 0. The molecule has 0 fully saturated rings. The fraction of sp³-hybridized carbons (Fsp3) is 0.462. The van der Waals surface area contributed by atoms with E-state index in [2.05, 4.69) is 30.4 Å². The second-order valence-electron chi connectivity index (χ2n) is 4.37. The number of carbonyl (C=O) groups is 1. The number of thioether (sulfide) groups is 1. The second kappa shape index (κ2) is 5.56. The molecule has 0 saturated heterocycles. The predicted octanol–water partition coefficient (Wildman–Crippen LogP) is 2.40. The molecule has 1 amide bonds. The zero-order chi connectivity index (χ0) is 12.3. The number of benzene rings is 1. The van der Waals surface area contributed by atoms with E-state index in [1.54, 1.807) is 11.8 Å². The molecule has 92 valence electrons. The minimum absolute atomic E-state index is 0.0879. The normalized spacial score (nSPS) is 16.2. The second-order valence-corrected chi connectivity index (χ2v) is 5.39. The summed E-state index contributed by atoms with van der Waals surface area (Å²) in [5.41, 5.74) is 8.11. The Bertz CT molecular complexity index is 420. The van der Waals surface area contributed by atoms with E-state index >= 15 is 0 Å². The molecule has 1 aliphatic rings. The fourth-order valence-corrected chi connectivity index (χ4v) is 2.63. The van der Waals surface area contributed by atoms with Crippen molar-refractivity contribution in [3.63, 3.8) is 0 Å². The summed E-state index contributed by atoms with van der Waals surface area (Å²) in [4.78, 5) is 12.5. The van der Waals surface area contributed by atoms with Gasteiger partial charge in [-0.3, -0.25) is 4.79 Å². The van der Waals surface area contributed by atoms with Gasteiger partial charge >= 0.3 is 0 Å². The van der Waals surface area contributed by atoms with E-state index in [9.17, 15) is 4.79 Å². The van der Waals surface area contributed by atoms with Crippen molar-refractivity contribution < 1.29 is 4.79 Å². The average Bonchev–Trinajstić information content (AvgIpc) is 2.35. The average molecular weight is 250 g/mol. The van der Waals surface area contributed by atoms with Gasteiger partial charge in [0.25, 0.3) is 0 Å². The molecule has 2 rings (SSSR count). The van der Waals surface area contributed by atoms with Crippen LogP contribution in [0.2, 0.25) is 0 Å². The Kier molecular flexibility index (Phi) is 4.07. The van der Waals surface area contributed by atoms with Gasteiger partial charge in [0.2, 0.25) is 5.91 Å². The number of amides is 1. The Balaban J connectivity index is 2.05. The molecule has 0 aliphatic carbocycles. The fourth-order valence-electron chi connectivity index (χ4n) is 1.84. The van der Waals surface area contributed by atoms with E-state index in [4.69, 9.17) is 5.73 Å². The van der Waals surface area contributed by atoms with Crippen molar-refractivity contribution in [1.29, 1.82) is 0 Å². The van der Waals surface area contributed by atoms with E-state index in [1.807, 2.05) is 0 Å². The van der Waals surface area contributed by atoms with E-state index < -0.39 is 0 Å². The minimum Gasteiger partial charge on any atom is -0.328 e. The molecule has 0 bridgehead atoms. The van der Waals surface area contributed by atoms with E-state index in [1.165, 1.54) is 5.56 Å². The third-order valence-corrected chi connectivity index (χ3v) is 4.08. The minimum atomic E-state index is 0.0879. The molecule has 3 N–H and O–H groups in total. The zero-order valence-corrected chi connectivity index (χ0v) is 10.8. The van der Waals surface area contributed by atoms with Crippen LogP contribution in [-0.2, 0) is 11.2 Å². The SMILES string of the molecule is CCC(N)CCc1ccc2c(c1)NC(=O)CS2. The number of nitrogens with one attached hydrogen (secondary N) is 1. The van der Waals surface area contributed by atoms with Crippen LogP contribution in [0.5, 0.6) is 0 Å². The highest BCUT2D eigenvalue weighted by Crippen LogP contribution is 2.32. The van der Waals surface area contributed by atoms with Crippen LogP contribution >= 0.6 is 11.8 Å². The molecule has 0 radical (unpaired) electrons. The largest absolute Gasteiger partial charge is 0.328 e. The predicted molar refractivity (Wildman–Crippen MR) is 72.4 cm³/mol. The van der Waals surface area contributed by atoms with Gasteiger partial charge in [-0.25, -0.2) is 0 Å². The molecular weight excluding hydrogens is 232 g/mol. The summed E-state index contributed by atoms with van der Waals surface area (Å²) < 4.78 is 0.